The fourth-order valence-corrected chi connectivity index (χ4v) is 4.24. The van der Waals surface area contributed by atoms with Gasteiger partial charge in [0.25, 0.3) is 0 Å². The van der Waals surface area contributed by atoms with E-state index in [0.29, 0.717) is 17.9 Å². The van der Waals surface area contributed by atoms with Crippen molar-refractivity contribution in [2.45, 2.75) is 19.8 Å². The van der Waals surface area contributed by atoms with Crippen molar-refractivity contribution >= 4 is 33.7 Å². The maximum absolute atomic E-state index is 12.0. The highest BCUT2D eigenvalue weighted by molar-refractivity contribution is 5.98. The van der Waals surface area contributed by atoms with Gasteiger partial charge in [-0.15, -0.1) is 0 Å². The number of hydrogen-bond donors (Lipinski definition) is 3. The number of carbonyl (C=O) groups excluding carboxylic acids is 1. The molecule has 9 nitrogen and oxygen atoms in total. The molecule has 3 N–H and O–H groups in total. The summed E-state index contributed by atoms with van der Waals surface area (Å²) in [5.41, 5.74) is 7.35. The van der Waals surface area contributed by atoms with Crippen molar-refractivity contribution in [2.24, 2.45) is 0 Å². The van der Waals surface area contributed by atoms with Gasteiger partial charge in [0.15, 0.2) is 0 Å². The number of nitrogens with one attached hydrogen (secondary N) is 3. The van der Waals surface area contributed by atoms with Gasteiger partial charge in [-0.1, -0.05) is 13.0 Å². The number of carbonyl (C=O) groups is 1. The monoisotopic (exact) mass is 474 g/mol. The first-order valence-corrected chi connectivity index (χ1v) is 11.7. The van der Waals surface area contributed by atoms with Crippen LogP contribution in [-0.2, 0) is 4.79 Å². The fraction of sp³-hybridized carbons (Fsp3) is 0.111. The Bertz CT molecular complexity index is 1700. The van der Waals surface area contributed by atoms with E-state index in [4.69, 9.17) is 4.98 Å². The van der Waals surface area contributed by atoms with Crippen LogP contribution in [0.25, 0.3) is 55.8 Å². The Morgan fingerprint density at radius 3 is 2.72 bits per heavy atom. The Hall–Kier alpha value is -4.92. The first-order chi connectivity index (χ1) is 17.7. The van der Waals surface area contributed by atoms with Gasteiger partial charge in [-0.25, -0.2) is 9.97 Å². The number of rotatable bonds is 6. The fourth-order valence-electron chi connectivity index (χ4n) is 4.24. The molecule has 36 heavy (non-hydrogen) atoms. The zero-order valence-corrected chi connectivity index (χ0v) is 19.5. The van der Waals surface area contributed by atoms with Gasteiger partial charge in [-0.2, -0.15) is 0 Å². The van der Waals surface area contributed by atoms with Crippen LogP contribution >= 0.6 is 0 Å². The minimum atomic E-state index is -0.0256. The van der Waals surface area contributed by atoms with Crippen LogP contribution in [0.5, 0.6) is 0 Å². The Labute approximate surface area is 206 Å². The van der Waals surface area contributed by atoms with Crippen LogP contribution in [0, 0.1) is 0 Å². The number of hydrogen-bond acceptors (Lipinski definition) is 6. The number of anilines is 1. The standard InChI is InChI=1S/C27H22N8O/c1-2-5-24(36)33-18-8-16(10-28-12-18)17-9-19-20(14-32-26(19)31-11-17)27-34-23-15-29-13-21(25(23)35-27)22-6-3-4-7-30-22/h3-4,6-15H,2,5H2,1H3,(H,31,32)(H,33,36)(H,34,35). The molecule has 6 aromatic heterocycles. The van der Waals surface area contributed by atoms with Crippen molar-refractivity contribution in [3.63, 3.8) is 0 Å². The number of H-pyrrole nitrogens is 2. The highest BCUT2D eigenvalue weighted by atomic mass is 16.1. The van der Waals surface area contributed by atoms with Crippen molar-refractivity contribution in [2.75, 3.05) is 5.32 Å². The summed E-state index contributed by atoms with van der Waals surface area (Å²) in [6, 6.07) is 9.73. The van der Waals surface area contributed by atoms with Gasteiger partial charge in [-0.05, 0) is 30.7 Å². The second-order valence-corrected chi connectivity index (χ2v) is 8.47. The van der Waals surface area contributed by atoms with Gasteiger partial charge in [0, 0.05) is 65.0 Å². The molecule has 1 amide bonds. The molecular formula is C27H22N8O. The first kappa shape index (κ1) is 21.6. The van der Waals surface area contributed by atoms with Crippen LogP contribution in [0.2, 0.25) is 0 Å². The predicted molar refractivity (Wildman–Crippen MR) is 139 cm³/mol. The molecule has 0 spiro atoms. The number of aromatic amines is 2. The van der Waals surface area contributed by atoms with Crippen molar-refractivity contribution < 1.29 is 4.79 Å². The van der Waals surface area contributed by atoms with Crippen molar-refractivity contribution in [3.05, 3.63) is 73.7 Å². The van der Waals surface area contributed by atoms with Crippen molar-refractivity contribution in [1.82, 2.24) is 34.9 Å². The van der Waals surface area contributed by atoms with E-state index in [1.165, 1.54) is 0 Å². The molecule has 9 heteroatoms. The minimum Gasteiger partial charge on any atom is -0.345 e. The highest BCUT2D eigenvalue weighted by Crippen LogP contribution is 2.33. The molecule has 0 aliphatic heterocycles. The largest absolute Gasteiger partial charge is 0.345 e. The third-order valence-corrected chi connectivity index (χ3v) is 5.95. The maximum atomic E-state index is 12.0. The van der Waals surface area contributed by atoms with E-state index in [0.717, 1.165) is 56.4 Å². The van der Waals surface area contributed by atoms with Crippen LogP contribution in [0.1, 0.15) is 19.8 Å². The molecule has 0 radical (unpaired) electrons. The quantitative estimate of drug-likeness (QED) is 0.298. The van der Waals surface area contributed by atoms with Gasteiger partial charge in [0.05, 0.1) is 29.3 Å². The summed E-state index contributed by atoms with van der Waals surface area (Å²) in [6.07, 6.45) is 13.7. The molecule has 176 valence electrons. The van der Waals surface area contributed by atoms with Crippen molar-refractivity contribution in [1.29, 1.82) is 0 Å². The van der Waals surface area contributed by atoms with E-state index in [1.807, 2.05) is 43.5 Å². The third-order valence-electron chi connectivity index (χ3n) is 5.95. The lowest BCUT2D eigenvalue weighted by Gasteiger charge is -2.07. The molecule has 0 fully saturated rings. The number of aromatic nitrogens is 7. The molecule has 0 aliphatic carbocycles. The van der Waals surface area contributed by atoms with Gasteiger partial charge in [-0.3, -0.25) is 19.7 Å². The lowest BCUT2D eigenvalue weighted by molar-refractivity contribution is -0.116. The summed E-state index contributed by atoms with van der Waals surface area (Å²) < 4.78 is 0. The molecule has 0 atom stereocenters. The maximum Gasteiger partial charge on any atom is 0.224 e. The predicted octanol–water partition coefficient (Wildman–Crippen LogP) is 5.36. The minimum absolute atomic E-state index is 0.0256. The van der Waals surface area contributed by atoms with Gasteiger partial charge < -0.3 is 15.3 Å². The summed E-state index contributed by atoms with van der Waals surface area (Å²) in [6.45, 7) is 1.97. The lowest BCUT2D eigenvalue weighted by atomic mass is 10.1. The summed E-state index contributed by atoms with van der Waals surface area (Å²) in [4.78, 5) is 41.3. The van der Waals surface area contributed by atoms with Gasteiger partial charge >= 0.3 is 0 Å². The molecule has 0 aromatic carbocycles. The third kappa shape index (κ3) is 3.96. The molecule has 0 saturated heterocycles. The zero-order chi connectivity index (χ0) is 24.5. The molecule has 6 rings (SSSR count). The number of nitrogens with zero attached hydrogens (tertiary/aromatic N) is 5. The Morgan fingerprint density at radius 2 is 1.86 bits per heavy atom. The summed E-state index contributed by atoms with van der Waals surface area (Å²) in [5, 5.41) is 3.82. The first-order valence-electron chi connectivity index (χ1n) is 11.7. The number of imidazole rings is 1. The molecule has 6 aromatic rings. The van der Waals surface area contributed by atoms with Gasteiger partial charge in [0.1, 0.15) is 17.0 Å². The summed E-state index contributed by atoms with van der Waals surface area (Å²) in [5.74, 6) is 0.682. The molecule has 6 heterocycles. The van der Waals surface area contributed by atoms with Crippen molar-refractivity contribution in [3.8, 4) is 33.8 Å². The van der Waals surface area contributed by atoms with E-state index in [2.05, 4.69) is 35.2 Å². The zero-order valence-electron chi connectivity index (χ0n) is 19.5. The number of amides is 1. The molecular weight excluding hydrogens is 452 g/mol. The highest BCUT2D eigenvalue weighted by Gasteiger charge is 2.16. The summed E-state index contributed by atoms with van der Waals surface area (Å²) in [7, 11) is 0. The normalized spacial score (nSPS) is 11.2. The van der Waals surface area contributed by atoms with E-state index in [9.17, 15) is 4.79 Å². The number of pyridine rings is 4. The van der Waals surface area contributed by atoms with E-state index < -0.39 is 0 Å². The Kier molecular flexibility index (Phi) is 5.42. The molecule has 0 saturated carbocycles. The van der Waals surface area contributed by atoms with Crippen LogP contribution < -0.4 is 5.32 Å². The Morgan fingerprint density at radius 1 is 0.972 bits per heavy atom. The molecule has 0 unspecified atom stereocenters. The summed E-state index contributed by atoms with van der Waals surface area (Å²) >= 11 is 0. The Balaban J connectivity index is 1.40. The average Bonchev–Trinajstić information content (AvgIpc) is 3.53. The topological polar surface area (TPSA) is 125 Å². The van der Waals surface area contributed by atoms with Crippen LogP contribution in [0.15, 0.2) is 73.7 Å². The van der Waals surface area contributed by atoms with E-state index in [-0.39, 0.29) is 5.91 Å². The van der Waals surface area contributed by atoms with Crippen LogP contribution in [0.3, 0.4) is 0 Å². The second-order valence-electron chi connectivity index (χ2n) is 8.47. The van der Waals surface area contributed by atoms with E-state index in [1.54, 1.807) is 37.2 Å². The molecule has 0 aliphatic rings. The number of fused-ring (bicyclic) bond motifs is 2. The SMILES string of the molecule is CCCC(=O)Nc1cncc(-c2cnc3[nH]cc(-c4nc5c(-c6ccccn6)cncc5[nH]4)c3c2)c1. The van der Waals surface area contributed by atoms with E-state index >= 15 is 0 Å². The smallest absolute Gasteiger partial charge is 0.224 e. The second kappa shape index (κ2) is 9.03. The van der Waals surface area contributed by atoms with Crippen LogP contribution in [-0.4, -0.2) is 40.8 Å². The van der Waals surface area contributed by atoms with Crippen LogP contribution in [0.4, 0.5) is 5.69 Å². The average molecular weight is 475 g/mol. The molecule has 0 bridgehead atoms. The lowest BCUT2D eigenvalue weighted by Crippen LogP contribution is -2.10. The van der Waals surface area contributed by atoms with Gasteiger partial charge in [0.2, 0.25) is 5.91 Å².